The first-order valence-electron chi connectivity index (χ1n) is 11.0. The molecule has 4 aromatic rings. The first kappa shape index (κ1) is 21.5. The maximum atomic E-state index is 13.4. The van der Waals surface area contributed by atoms with Gasteiger partial charge in [-0.2, -0.15) is 0 Å². The second kappa shape index (κ2) is 8.90. The Labute approximate surface area is 195 Å². The fourth-order valence-corrected chi connectivity index (χ4v) is 4.02. The molecule has 0 radical (unpaired) electrons. The third-order valence-electron chi connectivity index (χ3n) is 5.93. The van der Waals surface area contributed by atoms with Gasteiger partial charge in [-0.15, -0.1) is 0 Å². The highest BCUT2D eigenvalue weighted by molar-refractivity contribution is 6.14. The molecule has 8 nitrogen and oxygen atoms in total. The van der Waals surface area contributed by atoms with Gasteiger partial charge in [0.25, 0.3) is 17.7 Å². The summed E-state index contributed by atoms with van der Waals surface area (Å²) >= 11 is 0. The monoisotopic (exact) mass is 457 g/mol. The van der Waals surface area contributed by atoms with Gasteiger partial charge in [0.05, 0.1) is 6.26 Å². The summed E-state index contributed by atoms with van der Waals surface area (Å²) < 4.78 is 11.1. The fourth-order valence-electron chi connectivity index (χ4n) is 4.02. The molecule has 0 bridgehead atoms. The van der Waals surface area contributed by atoms with Crippen molar-refractivity contribution in [3.63, 3.8) is 0 Å². The van der Waals surface area contributed by atoms with Gasteiger partial charge in [-0.3, -0.25) is 14.4 Å². The number of aryl methyl sites for hydroxylation is 1. The topological polar surface area (TPSA) is 96.0 Å². The van der Waals surface area contributed by atoms with Crippen LogP contribution in [-0.2, 0) is 0 Å². The number of para-hydroxylation sites is 1. The molecule has 0 unspecified atom stereocenters. The lowest BCUT2D eigenvalue weighted by molar-refractivity contribution is 0.0504. The largest absolute Gasteiger partial charge is 0.459 e. The van der Waals surface area contributed by atoms with E-state index >= 15 is 0 Å². The number of anilines is 1. The summed E-state index contributed by atoms with van der Waals surface area (Å²) in [5.74, 6) is -0.507. The van der Waals surface area contributed by atoms with E-state index in [4.69, 9.17) is 8.83 Å². The number of furan rings is 2. The van der Waals surface area contributed by atoms with Crippen molar-refractivity contribution < 1.29 is 23.2 Å². The zero-order valence-electron chi connectivity index (χ0n) is 18.6. The van der Waals surface area contributed by atoms with Gasteiger partial charge < -0.3 is 24.0 Å². The Morgan fingerprint density at radius 3 is 2.18 bits per heavy atom. The zero-order valence-corrected chi connectivity index (χ0v) is 18.6. The van der Waals surface area contributed by atoms with E-state index in [-0.39, 0.29) is 29.2 Å². The Morgan fingerprint density at radius 1 is 0.824 bits per heavy atom. The summed E-state index contributed by atoms with van der Waals surface area (Å²) in [5, 5.41) is 3.53. The van der Waals surface area contributed by atoms with Crippen molar-refractivity contribution in [1.82, 2.24) is 9.80 Å². The van der Waals surface area contributed by atoms with E-state index in [1.54, 1.807) is 46.2 Å². The second-order valence-electron chi connectivity index (χ2n) is 8.18. The highest BCUT2D eigenvalue weighted by Crippen LogP contribution is 2.32. The van der Waals surface area contributed by atoms with Crippen molar-refractivity contribution in [3.8, 4) is 0 Å². The van der Waals surface area contributed by atoms with Crippen molar-refractivity contribution in [2.45, 2.75) is 6.92 Å². The number of amides is 3. The minimum atomic E-state index is -0.333. The second-order valence-corrected chi connectivity index (χ2v) is 8.18. The molecule has 0 aliphatic carbocycles. The molecule has 1 fully saturated rings. The minimum Gasteiger partial charge on any atom is -0.459 e. The van der Waals surface area contributed by atoms with E-state index in [0.29, 0.717) is 48.4 Å². The Hall–Kier alpha value is -4.33. The highest BCUT2D eigenvalue weighted by Gasteiger charge is 2.31. The number of carbonyl (C=O) groups is 3. The first-order chi connectivity index (χ1) is 16.5. The SMILES string of the molecule is Cc1ccc(C(=O)Nc2c(C(=O)N3CCN(C(=O)c4ccco4)CC3)oc3ccccc23)cc1. The molecule has 0 saturated carbocycles. The lowest BCUT2D eigenvalue weighted by atomic mass is 10.1. The van der Waals surface area contributed by atoms with Crippen LogP contribution in [0.15, 0.2) is 75.8 Å². The van der Waals surface area contributed by atoms with E-state index in [9.17, 15) is 14.4 Å². The zero-order chi connectivity index (χ0) is 23.7. The summed E-state index contributed by atoms with van der Waals surface area (Å²) in [7, 11) is 0. The molecular formula is C26H23N3O5. The molecule has 8 heteroatoms. The van der Waals surface area contributed by atoms with Crippen molar-refractivity contribution >= 4 is 34.4 Å². The van der Waals surface area contributed by atoms with Gasteiger partial charge in [0.15, 0.2) is 5.76 Å². The summed E-state index contributed by atoms with van der Waals surface area (Å²) in [5.41, 5.74) is 2.39. The number of fused-ring (bicyclic) bond motifs is 1. The third kappa shape index (κ3) is 4.05. The average Bonchev–Trinajstić information content (AvgIpc) is 3.53. The Bertz CT molecular complexity index is 1350. The van der Waals surface area contributed by atoms with Gasteiger partial charge >= 0.3 is 0 Å². The minimum absolute atomic E-state index is 0.0764. The molecule has 172 valence electrons. The van der Waals surface area contributed by atoms with Gasteiger partial charge in [-0.25, -0.2) is 0 Å². The van der Waals surface area contributed by atoms with Crippen LogP contribution >= 0.6 is 0 Å². The Kier molecular flexibility index (Phi) is 5.63. The summed E-state index contributed by atoms with van der Waals surface area (Å²) in [6.07, 6.45) is 1.46. The third-order valence-corrected chi connectivity index (χ3v) is 5.93. The van der Waals surface area contributed by atoms with E-state index in [1.165, 1.54) is 6.26 Å². The van der Waals surface area contributed by atoms with Crippen LogP contribution < -0.4 is 5.32 Å². The molecule has 1 aliphatic rings. The predicted molar refractivity (Wildman–Crippen MR) is 126 cm³/mol. The fraction of sp³-hybridized carbons (Fsp3) is 0.192. The molecule has 1 aliphatic heterocycles. The first-order valence-corrected chi connectivity index (χ1v) is 11.0. The number of piperazine rings is 1. The molecule has 5 rings (SSSR count). The van der Waals surface area contributed by atoms with Crippen LogP contribution in [0.25, 0.3) is 11.0 Å². The van der Waals surface area contributed by atoms with E-state index < -0.39 is 0 Å². The van der Waals surface area contributed by atoms with Crippen molar-refractivity contribution in [1.29, 1.82) is 0 Å². The van der Waals surface area contributed by atoms with Gasteiger partial charge in [0.1, 0.15) is 11.3 Å². The highest BCUT2D eigenvalue weighted by atomic mass is 16.4. The van der Waals surface area contributed by atoms with Crippen LogP contribution in [0.3, 0.4) is 0 Å². The number of carbonyl (C=O) groups excluding carboxylic acids is 3. The summed E-state index contributed by atoms with van der Waals surface area (Å²) in [6.45, 7) is 3.37. The van der Waals surface area contributed by atoms with Crippen LogP contribution in [-0.4, -0.2) is 53.7 Å². The number of hydrogen-bond donors (Lipinski definition) is 1. The van der Waals surface area contributed by atoms with E-state index in [2.05, 4.69) is 5.32 Å². The van der Waals surface area contributed by atoms with Crippen molar-refractivity contribution in [2.24, 2.45) is 0 Å². The lowest BCUT2D eigenvalue weighted by Gasteiger charge is -2.34. The van der Waals surface area contributed by atoms with Crippen molar-refractivity contribution in [2.75, 3.05) is 31.5 Å². The van der Waals surface area contributed by atoms with Gasteiger partial charge in [0, 0.05) is 37.1 Å². The maximum absolute atomic E-state index is 13.4. The lowest BCUT2D eigenvalue weighted by Crippen LogP contribution is -2.50. The molecule has 0 spiro atoms. The van der Waals surface area contributed by atoms with Crippen LogP contribution in [0.2, 0.25) is 0 Å². The molecule has 0 atom stereocenters. The summed E-state index contributed by atoms with van der Waals surface area (Å²) in [4.78, 5) is 42.1. The average molecular weight is 457 g/mol. The van der Waals surface area contributed by atoms with E-state index in [0.717, 1.165) is 5.56 Å². The number of nitrogens with one attached hydrogen (secondary N) is 1. The number of hydrogen-bond acceptors (Lipinski definition) is 5. The molecule has 2 aromatic heterocycles. The molecule has 3 amide bonds. The number of rotatable bonds is 4. The standard InChI is InChI=1S/C26H23N3O5/c1-17-8-10-18(11-9-17)24(30)27-22-19-5-2-3-6-20(19)34-23(22)26(32)29-14-12-28(13-15-29)25(31)21-7-4-16-33-21/h2-11,16H,12-15H2,1H3,(H,27,30). The van der Waals surface area contributed by atoms with Crippen LogP contribution in [0.5, 0.6) is 0 Å². The molecule has 1 N–H and O–H groups in total. The maximum Gasteiger partial charge on any atom is 0.291 e. The molecule has 1 saturated heterocycles. The van der Waals surface area contributed by atoms with Crippen molar-refractivity contribution in [3.05, 3.63) is 89.6 Å². The predicted octanol–water partition coefficient (Wildman–Crippen LogP) is 4.18. The number of benzene rings is 2. The molecule has 2 aromatic carbocycles. The van der Waals surface area contributed by atoms with E-state index in [1.807, 2.05) is 31.2 Å². The number of nitrogens with zero attached hydrogens (tertiary/aromatic N) is 2. The van der Waals surface area contributed by atoms with Gasteiger partial charge in [-0.05, 0) is 43.3 Å². The molecular weight excluding hydrogens is 434 g/mol. The van der Waals surface area contributed by atoms with Gasteiger partial charge in [-0.1, -0.05) is 29.8 Å². The quantitative estimate of drug-likeness (QED) is 0.496. The molecule has 3 heterocycles. The van der Waals surface area contributed by atoms with Crippen LogP contribution in [0, 0.1) is 6.92 Å². The Morgan fingerprint density at radius 2 is 1.50 bits per heavy atom. The van der Waals surface area contributed by atoms with Crippen LogP contribution in [0.1, 0.15) is 37.0 Å². The van der Waals surface area contributed by atoms with Gasteiger partial charge in [0.2, 0.25) is 5.76 Å². The Balaban J connectivity index is 1.37. The molecule has 34 heavy (non-hydrogen) atoms. The van der Waals surface area contributed by atoms with Crippen LogP contribution in [0.4, 0.5) is 5.69 Å². The normalized spacial score (nSPS) is 13.8. The smallest absolute Gasteiger partial charge is 0.291 e. The summed E-state index contributed by atoms with van der Waals surface area (Å²) in [6, 6.07) is 17.7.